The molecule has 0 fully saturated rings. The summed E-state index contributed by atoms with van der Waals surface area (Å²) in [5.41, 5.74) is 29.3. The molecule has 21 rings (SSSR count). The highest BCUT2D eigenvalue weighted by Crippen LogP contribution is 2.56. The molecule has 0 N–H and O–H groups in total. The average molecular weight is 1530 g/mol. The molecule has 2 aliphatic rings. The Balaban J connectivity index is 0.944. The van der Waals surface area contributed by atoms with Gasteiger partial charge < -0.3 is 18.9 Å². The van der Waals surface area contributed by atoms with Gasteiger partial charge in [-0.05, 0) is 225 Å². The Hall–Kier alpha value is -14.0. The first-order chi connectivity index (χ1) is 59.6. The molecule has 2 aliphatic heterocycles. The van der Waals surface area contributed by atoms with Crippen LogP contribution in [0.5, 0.6) is 0 Å². The number of aromatic nitrogens is 2. The van der Waals surface area contributed by atoms with Crippen LogP contribution in [0.25, 0.3) is 144 Å². The summed E-state index contributed by atoms with van der Waals surface area (Å²) in [4.78, 5) is 4.99. The van der Waals surface area contributed by atoms with E-state index in [1.54, 1.807) is 0 Å². The maximum atomic E-state index is 11.5. The van der Waals surface area contributed by atoms with Gasteiger partial charge in [0.15, 0.2) is 0 Å². The van der Waals surface area contributed by atoms with E-state index >= 15 is 0 Å². The van der Waals surface area contributed by atoms with Gasteiger partial charge in [0.1, 0.15) is 0 Å². The van der Waals surface area contributed by atoms with Crippen molar-refractivity contribution >= 4 is 101 Å². The SMILES string of the molecule is [2H]c1c(-c2ccccc2)c(N2c3cc(-n4c5ccccc5c5ccccc54)ccc3B3c4ccc(-n5c6ccccc6c6ccccc65)cc4N(c4c(-c5ccccc5)c([2H])c(C(C)(C)C)c([2H])c4-c4cccc(-c5cccc(-c6ccccc6)c5)c4)c4cc(C(C)(C)C)cc2c43)c(-c2cccc(-c3cccc(-c4ccccc4)c3)c2)c([2H])c1C(C)(C)C. The summed E-state index contributed by atoms with van der Waals surface area (Å²) >= 11 is 0. The zero-order chi connectivity index (χ0) is 84.1. The van der Waals surface area contributed by atoms with E-state index in [0.717, 1.165) is 166 Å². The molecule has 0 bridgehead atoms. The van der Waals surface area contributed by atoms with Crippen LogP contribution in [0.2, 0.25) is 0 Å². The fourth-order valence-electron chi connectivity index (χ4n) is 18.6. The van der Waals surface area contributed by atoms with Crippen molar-refractivity contribution in [3.05, 3.63) is 405 Å². The Kier molecular flexibility index (Phi) is 16.3. The van der Waals surface area contributed by atoms with Crippen LogP contribution in [0.4, 0.5) is 34.1 Å². The van der Waals surface area contributed by atoms with Crippen molar-refractivity contribution in [1.29, 1.82) is 0 Å². The molecule has 0 spiro atoms. The molecular weight excluding hydrogens is 1440 g/mol. The molecule has 0 radical (unpaired) electrons. The molecule has 4 heterocycles. The van der Waals surface area contributed by atoms with Gasteiger partial charge in [-0.2, -0.15) is 0 Å². The first kappa shape index (κ1) is 68.3. The Morgan fingerprint density at radius 2 is 0.487 bits per heavy atom. The summed E-state index contributed by atoms with van der Waals surface area (Å²) in [6.45, 7) is 19.3. The molecule has 17 aromatic carbocycles. The molecule has 0 saturated heterocycles. The van der Waals surface area contributed by atoms with Crippen LogP contribution in [0.1, 0.15) is 84.5 Å². The molecule has 4 nitrogen and oxygen atoms in total. The van der Waals surface area contributed by atoms with E-state index < -0.39 is 23.0 Å². The largest absolute Gasteiger partial charge is 0.310 e. The van der Waals surface area contributed by atoms with Crippen LogP contribution in [-0.4, -0.2) is 15.8 Å². The maximum Gasteiger partial charge on any atom is 0.252 e. The monoisotopic (exact) mass is 1530 g/mol. The minimum atomic E-state index is -0.690. The van der Waals surface area contributed by atoms with Gasteiger partial charge in [-0.15, -0.1) is 0 Å². The van der Waals surface area contributed by atoms with Crippen molar-refractivity contribution in [2.45, 2.75) is 78.6 Å². The summed E-state index contributed by atoms with van der Waals surface area (Å²) in [6.07, 6.45) is 0. The highest BCUT2D eigenvalue weighted by molar-refractivity contribution is 7.00. The van der Waals surface area contributed by atoms with Gasteiger partial charge in [0.25, 0.3) is 6.71 Å². The molecule has 0 aliphatic carbocycles. The molecule has 0 unspecified atom stereocenters. The molecule has 5 heteroatoms. The standard InChI is InChI=1S/C114H91BN4/c1-112(2,3)86-66-95(76-38-18-12-19-39-76)110(97(68-86)84-48-32-46-82(64-84)80-44-30-42-78(62-80)74-34-14-10-15-35-74)118-105-72-89(116-101-54-26-22-50-91(101)92-51-23-27-55-102(92)116)58-60-99(105)115-100-61-59-90(117-103-56-28-24-52-93(103)94-53-25-29-57-104(94)117)73-106(100)119(108-71-88(114(7,8)9)70-107(118)109(108)115)111-96(77-40-20-13-21-41-77)67-87(113(4,5)6)69-98(111)85-49-33-47-83(65-85)81-45-31-43-79(63-81)75-36-16-11-17-37-75/h10-73H,1-9H3/i66D,67D,68D,69D. The molecule has 0 atom stereocenters. The number of para-hydroxylation sites is 4. The summed E-state index contributed by atoms with van der Waals surface area (Å²) in [6, 6.07) is 133. The summed E-state index contributed by atoms with van der Waals surface area (Å²) in [7, 11) is 0. The third kappa shape index (κ3) is 12.5. The number of rotatable bonds is 12. The van der Waals surface area contributed by atoms with Crippen molar-refractivity contribution in [1.82, 2.24) is 9.13 Å². The third-order valence-electron chi connectivity index (χ3n) is 24.5. The number of fused-ring (bicyclic) bond motifs is 10. The minimum Gasteiger partial charge on any atom is -0.310 e. The second-order valence-electron chi connectivity index (χ2n) is 35.2. The number of hydrogen-bond donors (Lipinski definition) is 0. The highest BCUT2D eigenvalue weighted by Gasteiger charge is 2.47. The van der Waals surface area contributed by atoms with Crippen molar-refractivity contribution in [3.8, 4) is 100 Å². The fourth-order valence-corrected chi connectivity index (χ4v) is 18.6. The second kappa shape index (κ2) is 28.4. The van der Waals surface area contributed by atoms with Crippen LogP contribution < -0.4 is 26.2 Å². The van der Waals surface area contributed by atoms with E-state index in [1.807, 2.05) is 0 Å². The topological polar surface area (TPSA) is 16.3 Å². The van der Waals surface area contributed by atoms with E-state index in [4.69, 9.17) is 0 Å². The number of benzene rings is 17. The lowest BCUT2D eigenvalue weighted by Gasteiger charge is -2.47. The normalized spacial score (nSPS) is 13.2. The lowest BCUT2D eigenvalue weighted by Crippen LogP contribution is -2.61. The van der Waals surface area contributed by atoms with Gasteiger partial charge in [-0.1, -0.05) is 341 Å². The third-order valence-corrected chi connectivity index (χ3v) is 24.5. The Morgan fingerprint density at radius 1 is 0.227 bits per heavy atom. The predicted molar refractivity (Wildman–Crippen MR) is 509 cm³/mol. The van der Waals surface area contributed by atoms with Gasteiger partial charge in [-0.25, -0.2) is 0 Å². The van der Waals surface area contributed by atoms with Crippen molar-refractivity contribution in [2.24, 2.45) is 0 Å². The Labute approximate surface area is 704 Å². The van der Waals surface area contributed by atoms with Crippen LogP contribution in [0, 0.1) is 0 Å². The summed E-state index contributed by atoms with van der Waals surface area (Å²) < 4.78 is 50.4. The van der Waals surface area contributed by atoms with E-state index in [1.165, 1.54) is 0 Å². The molecule has 0 amide bonds. The molecule has 119 heavy (non-hydrogen) atoms. The predicted octanol–water partition coefficient (Wildman–Crippen LogP) is 29.2. The first-order valence-electron chi connectivity index (χ1n) is 43.7. The quantitative estimate of drug-likeness (QED) is 0.113. The second-order valence-corrected chi connectivity index (χ2v) is 35.2. The van der Waals surface area contributed by atoms with E-state index in [9.17, 15) is 5.48 Å². The van der Waals surface area contributed by atoms with E-state index in [0.29, 0.717) is 44.8 Å². The summed E-state index contributed by atoms with van der Waals surface area (Å²) in [5.74, 6) is 0. The Bertz CT molecular complexity index is 6950. The fraction of sp³-hybridized carbons (Fsp3) is 0.105. The van der Waals surface area contributed by atoms with E-state index in [2.05, 4.69) is 445 Å². The average Bonchev–Trinajstić information content (AvgIpc) is 0.997. The minimum absolute atomic E-state index is 0.279. The van der Waals surface area contributed by atoms with E-state index in [-0.39, 0.29) is 24.2 Å². The van der Waals surface area contributed by atoms with Crippen LogP contribution in [-0.2, 0) is 16.2 Å². The van der Waals surface area contributed by atoms with Gasteiger partial charge in [-0.3, -0.25) is 0 Å². The van der Waals surface area contributed by atoms with Gasteiger partial charge >= 0.3 is 0 Å². The van der Waals surface area contributed by atoms with Gasteiger partial charge in [0.05, 0.1) is 38.9 Å². The van der Waals surface area contributed by atoms with Crippen LogP contribution >= 0.6 is 0 Å². The smallest absolute Gasteiger partial charge is 0.252 e. The van der Waals surface area contributed by atoms with Crippen molar-refractivity contribution < 1.29 is 5.48 Å². The molecule has 19 aromatic rings. The number of nitrogens with zero attached hydrogens (tertiary/aromatic N) is 4. The molecule has 570 valence electrons. The Morgan fingerprint density at radius 3 is 0.807 bits per heavy atom. The molecule has 2 aromatic heterocycles. The zero-order valence-corrected chi connectivity index (χ0v) is 68.5. The molecule has 0 saturated carbocycles. The number of hydrogen-bond acceptors (Lipinski definition) is 2. The number of anilines is 6. The van der Waals surface area contributed by atoms with Crippen LogP contribution in [0.3, 0.4) is 0 Å². The lowest BCUT2D eigenvalue weighted by atomic mass is 9.33. The highest BCUT2D eigenvalue weighted by atomic mass is 15.2. The first-order valence-corrected chi connectivity index (χ1v) is 41.7. The van der Waals surface area contributed by atoms with Gasteiger partial charge in [0, 0.05) is 77.9 Å². The molecular formula is C114H91BN4. The lowest BCUT2D eigenvalue weighted by molar-refractivity contribution is 0.590. The van der Waals surface area contributed by atoms with Gasteiger partial charge in [0.2, 0.25) is 0 Å². The van der Waals surface area contributed by atoms with Crippen molar-refractivity contribution in [2.75, 3.05) is 9.80 Å². The van der Waals surface area contributed by atoms with Crippen molar-refractivity contribution in [3.63, 3.8) is 0 Å². The summed E-state index contributed by atoms with van der Waals surface area (Å²) in [5, 5.41) is 4.58. The van der Waals surface area contributed by atoms with Crippen LogP contribution in [0.15, 0.2) is 388 Å². The maximum absolute atomic E-state index is 11.5. The zero-order valence-electron chi connectivity index (χ0n) is 72.5.